The van der Waals surface area contributed by atoms with Gasteiger partial charge >= 0.3 is 37.1 Å². The van der Waals surface area contributed by atoms with E-state index >= 15 is 0 Å². The van der Waals surface area contributed by atoms with Crippen LogP contribution < -0.4 is 0 Å². The summed E-state index contributed by atoms with van der Waals surface area (Å²) >= 11 is 0. The first-order valence-corrected chi connectivity index (χ1v) is 22.9. The molecule has 0 amide bonds. The van der Waals surface area contributed by atoms with E-state index in [2.05, 4.69) is 54.2 Å². The van der Waals surface area contributed by atoms with Gasteiger partial charge in [-0.3, -0.25) is 11.4 Å². The fourth-order valence-electron chi connectivity index (χ4n) is 5.20. The van der Waals surface area contributed by atoms with E-state index in [4.69, 9.17) is 4.74 Å². The predicted octanol–water partition coefficient (Wildman–Crippen LogP) is 18.4. The van der Waals surface area contributed by atoms with E-state index in [0.717, 1.165) is 75.5 Å². The first-order chi connectivity index (χ1) is 26.4. The molecule has 0 radical (unpaired) electrons. The number of carbonyl (C=O) groups excluding carboxylic acids is 1. The van der Waals surface area contributed by atoms with Crippen LogP contribution in [0.5, 0.6) is 0 Å². The summed E-state index contributed by atoms with van der Waals surface area (Å²) in [5.74, 6) is -4.93. The molecule has 0 rings (SSSR count). The number of rotatable bonds is 32. The van der Waals surface area contributed by atoms with E-state index in [1.165, 1.54) is 102 Å². The second-order valence-corrected chi connectivity index (χ2v) is 14.6. The molecule has 7 heteroatoms. The summed E-state index contributed by atoms with van der Waals surface area (Å²) in [7, 11) is 0. The van der Waals surface area contributed by atoms with Crippen LogP contribution in [0.2, 0.25) is 0 Å². The molecule has 0 saturated carbocycles. The molecule has 0 heterocycles. The van der Waals surface area contributed by atoms with Crippen LogP contribution in [0, 0.1) is 50.0 Å². The van der Waals surface area contributed by atoms with Gasteiger partial charge in [0.15, 0.2) is 0 Å². The van der Waals surface area contributed by atoms with Crippen molar-refractivity contribution >= 4 is 5.97 Å². The van der Waals surface area contributed by atoms with Gasteiger partial charge in [-0.05, 0) is 43.8 Å². The van der Waals surface area contributed by atoms with Crippen molar-refractivity contribution in [1.29, 1.82) is 0 Å². The Morgan fingerprint density at radius 3 is 1.43 bits per heavy atom. The molecule has 1 unspecified atom stereocenters. The van der Waals surface area contributed by atoms with Crippen molar-refractivity contribution in [2.75, 3.05) is 6.61 Å². The van der Waals surface area contributed by atoms with Crippen LogP contribution in [0.1, 0.15) is 242 Å². The van der Waals surface area contributed by atoms with Crippen LogP contribution in [0.3, 0.4) is 0 Å². The molecule has 0 saturated heterocycles. The Morgan fingerprint density at radius 1 is 0.625 bits per heavy atom. The number of allylic oxidation sites excluding steroid dienone is 4. The van der Waals surface area contributed by atoms with Gasteiger partial charge in [-0.15, -0.1) is 0 Å². The molecule has 1 atom stereocenters. The number of halogens is 4. The molecule has 0 aliphatic carbocycles. The minimum atomic E-state index is -2.80. The standard InChI is InChI=1S/C28H49F2O2.C9H15F2.C6H14.C4H10.C2H6.U/c1-4-6-8-9-10-12-15-20-26(3)21-16-13-11-14-17-22-27(31)32-25-19-24-28(29,30)23-18-7-5-2;1-3-5-6-8-9(10,11)7-4-2;1-3-5-6-4-2;1-3-4-2;1-2;/h19,24,26H,1,5-18,20-23,25H2,2-3H3;4,7H,2-3,5-6,8H2,1H3;3-6H2,1-2H3;3-4H2,1-2H3;1-2H3;/q2*-1;;;;+2/b24-19-;7-4-;;;;. The van der Waals surface area contributed by atoms with Gasteiger partial charge in [0, 0.05) is 12.8 Å². The number of hydrogen-bond acceptors (Lipinski definition) is 2. The van der Waals surface area contributed by atoms with Gasteiger partial charge in [0.1, 0.15) is 6.61 Å². The summed E-state index contributed by atoms with van der Waals surface area (Å²) in [6, 6.07) is 0. The Labute approximate surface area is 372 Å². The molecule has 56 heavy (non-hydrogen) atoms. The van der Waals surface area contributed by atoms with Crippen LogP contribution in [0.15, 0.2) is 30.9 Å². The summed E-state index contributed by atoms with van der Waals surface area (Å²) in [5, 5.41) is 0. The second-order valence-electron chi connectivity index (χ2n) is 14.6. The summed E-state index contributed by atoms with van der Waals surface area (Å²) in [6.45, 7) is 26.0. The van der Waals surface area contributed by atoms with E-state index in [9.17, 15) is 22.4 Å². The number of alkyl halides is 4. The molecule has 0 aromatic carbocycles. The fraction of sp³-hybridized carbons (Fsp3) is 0.837. The molecule has 0 aliphatic rings. The maximum absolute atomic E-state index is 13.6. The molecular weight excluding hydrogens is 935 g/mol. The van der Waals surface area contributed by atoms with E-state index < -0.39 is 11.8 Å². The average molecular weight is 1030 g/mol. The minimum absolute atomic E-state index is 0. The Bertz CT molecular complexity index is 780. The zero-order valence-electron chi connectivity index (χ0n) is 38.6. The molecule has 2 nitrogen and oxygen atoms in total. The Morgan fingerprint density at radius 2 is 1.02 bits per heavy atom. The number of hydrogen-bond donors (Lipinski definition) is 0. The quantitative estimate of drug-likeness (QED) is 0.0221. The molecular formula is C49H94F4O2U. The molecule has 0 aromatic rings. The zero-order chi connectivity index (χ0) is 42.9. The summed E-state index contributed by atoms with van der Waals surface area (Å²) in [6.07, 6.45) is 35.8. The van der Waals surface area contributed by atoms with Gasteiger partial charge in [-0.2, -0.15) is 12.5 Å². The van der Waals surface area contributed by atoms with Crippen molar-refractivity contribution in [3.63, 3.8) is 0 Å². The first kappa shape index (κ1) is 67.1. The zero-order valence-corrected chi connectivity index (χ0v) is 42.8. The first-order valence-electron chi connectivity index (χ1n) is 22.9. The second kappa shape index (κ2) is 56.4. The normalized spacial score (nSPS) is 11.4. The third kappa shape index (κ3) is 68.0. The molecule has 0 bridgehead atoms. The van der Waals surface area contributed by atoms with E-state index in [-0.39, 0.29) is 56.5 Å². The topological polar surface area (TPSA) is 26.3 Å². The van der Waals surface area contributed by atoms with Crippen LogP contribution in [-0.4, -0.2) is 24.4 Å². The van der Waals surface area contributed by atoms with Gasteiger partial charge in [0.2, 0.25) is 5.92 Å². The molecule has 0 N–H and O–H groups in total. The van der Waals surface area contributed by atoms with Crippen molar-refractivity contribution < 1.29 is 58.2 Å². The molecule has 0 aromatic heterocycles. The van der Waals surface area contributed by atoms with Gasteiger partial charge in [0.25, 0.3) is 5.92 Å². The SMILES string of the molecule is C=[C-]CCCCCCCC(C)CCCCCCCC(=O)OC/C=C\C(F)(F)CCCCC.CC.CCCC.CCCCCC.[CH2-]/C=C\C(F)(F)CCCCC.[U+2]. The smallest absolute Gasteiger partial charge is 0.504 e. The number of esters is 1. The monoisotopic (exact) mass is 1030 g/mol. The van der Waals surface area contributed by atoms with Gasteiger partial charge in [-0.25, -0.2) is 30.6 Å². The van der Waals surface area contributed by atoms with E-state index in [0.29, 0.717) is 19.3 Å². The van der Waals surface area contributed by atoms with E-state index in [1.807, 2.05) is 27.7 Å². The van der Waals surface area contributed by atoms with Crippen molar-refractivity contribution in [2.24, 2.45) is 5.92 Å². The third-order valence-electron chi connectivity index (χ3n) is 8.88. The number of unbranched alkanes of at least 4 members (excludes halogenated alkanes) is 17. The van der Waals surface area contributed by atoms with Gasteiger partial charge in [-0.1, -0.05) is 197 Å². The molecule has 0 aliphatic heterocycles. The Kier molecular flexibility index (Phi) is 67.6. The minimum Gasteiger partial charge on any atom is -0.504 e. The molecule has 0 fully saturated rings. The molecule has 334 valence electrons. The van der Waals surface area contributed by atoms with Gasteiger partial charge < -0.3 is 10.8 Å². The van der Waals surface area contributed by atoms with Crippen molar-refractivity contribution in [3.05, 3.63) is 43.9 Å². The maximum atomic E-state index is 13.6. The summed E-state index contributed by atoms with van der Waals surface area (Å²) < 4.78 is 57.4. The van der Waals surface area contributed by atoms with Crippen LogP contribution in [0.25, 0.3) is 0 Å². The van der Waals surface area contributed by atoms with Crippen molar-refractivity contribution in [2.45, 2.75) is 254 Å². The van der Waals surface area contributed by atoms with Crippen LogP contribution in [-0.2, 0) is 9.53 Å². The maximum Gasteiger partial charge on any atom is 2.00 e. The van der Waals surface area contributed by atoms with Crippen molar-refractivity contribution in [3.8, 4) is 0 Å². The number of carbonyl (C=O) groups is 1. The van der Waals surface area contributed by atoms with E-state index in [1.54, 1.807) is 0 Å². The summed E-state index contributed by atoms with van der Waals surface area (Å²) in [4.78, 5) is 11.7. The van der Waals surface area contributed by atoms with Gasteiger partial charge in [0.05, 0.1) is 0 Å². The largest absolute Gasteiger partial charge is 2.00 e. The Balaban J connectivity index is -0.000000211. The predicted molar refractivity (Wildman–Crippen MR) is 237 cm³/mol. The van der Waals surface area contributed by atoms with Crippen LogP contribution >= 0.6 is 0 Å². The third-order valence-corrected chi connectivity index (χ3v) is 8.88. The molecule has 0 spiro atoms. The number of ether oxygens (including phenoxy) is 1. The average Bonchev–Trinajstić information content (AvgIpc) is 3.16. The Hall–Kier alpha value is -0.668. The van der Waals surface area contributed by atoms with Crippen molar-refractivity contribution in [1.82, 2.24) is 0 Å². The fourth-order valence-corrected chi connectivity index (χ4v) is 5.20. The van der Waals surface area contributed by atoms with Crippen LogP contribution in [0.4, 0.5) is 17.6 Å². The summed E-state index contributed by atoms with van der Waals surface area (Å²) in [5.41, 5.74) is 0.